The summed E-state index contributed by atoms with van der Waals surface area (Å²) < 4.78 is 5.71. The van der Waals surface area contributed by atoms with Crippen LogP contribution in [-0.2, 0) is 16.2 Å². The van der Waals surface area contributed by atoms with Crippen molar-refractivity contribution in [3.8, 4) is 5.75 Å². The minimum atomic E-state index is -0.852. The van der Waals surface area contributed by atoms with Gasteiger partial charge in [-0.15, -0.1) is 0 Å². The van der Waals surface area contributed by atoms with Crippen LogP contribution in [0.4, 0.5) is 5.69 Å². The number of benzene rings is 3. The van der Waals surface area contributed by atoms with E-state index in [1.165, 1.54) is 6.21 Å². The molecule has 7 heteroatoms. The van der Waals surface area contributed by atoms with Crippen molar-refractivity contribution in [1.29, 1.82) is 0 Å². The largest absolute Gasteiger partial charge is 0.489 e. The number of nitrogens with one attached hydrogen (secondary N) is 2. The predicted molar refractivity (Wildman–Crippen MR) is 118 cm³/mol. The number of carbonyl (C=O) groups is 2. The second-order valence-corrected chi connectivity index (χ2v) is 6.94. The van der Waals surface area contributed by atoms with Gasteiger partial charge in [-0.25, -0.2) is 5.43 Å². The van der Waals surface area contributed by atoms with Gasteiger partial charge in [-0.1, -0.05) is 41.4 Å². The molecule has 6 nitrogen and oxygen atoms in total. The number of hydrazone groups is 1. The van der Waals surface area contributed by atoms with Gasteiger partial charge in [-0.3, -0.25) is 9.59 Å². The summed E-state index contributed by atoms with van der Waals surface area (Å²) in [6, 6.07) is 21.7. The van der Waals surface area contributed by atoms with E-state index in [0.717, 1.165) is 16.7 Å². The lowest BCUT2D eigenvalue weighted by molar-refractivity contribution is -0.136. The fourth-order valence-electron chi connectivity index (χ4n) is 2.44. The molecule has 0 aromatic heterocycles. The molecule has 0 unspecified atom stereocenters. The number of hydrogen-bond donors (Lipinski definition) is 2. The number of rotatable bonds is 6. The van der Waals surface area contributed by atoms with Gasteiger partial charge in [0.1, 0.15) is 12.4 Å². The third kappa shape index (κ3) is 6.46. The van der Waals surface area contributed by atoms with Crippen molar-refractivity contribution in [2.24, 2.45) is 5.10 Å². The smallest absolute Gasteiger partial charge is 0.329 e. The van der Waals surface area contributed by atoms with E-state index in [1.54, 1.807) is 36.4 Å². The number of anilines is 1. The summed E-state index contributed by atoms with van der Waals surface area (Å²) in [5.74, 6) is -0.944. The van der Waals surface area contributed by atoms with Crippen molar-refractivity contribution in [2.45, 2.75) is 13.5 Å². The molecule has 0 saturated carbocycles. The molecule has 0 spiro atoms. The lowest BCUT2D eigenvalue weighted by atomic mass is 10.2. The van der Waals surface area contributed by atoms with Crippen LogP contribution in [0.1, 0.15) is 16.7 Å². The number of ether oxygens (including phenoxy) is 1. The molecule has 0 aliphatic heterocycles. The van der Waals surface area contributed by atoms with Crippen LogP contribution in [0.2, 0.25) is 5.02 Å². The molecule has 0 aliphatic rings. The molecule has 152 valence electrons. The molecule has 3 aromatic rings. The van der Waals surface area contributed by atoms with Crippen LogP contribution < -0.4 is 15.5 Å². The van der Waals surface area contributed by atoms with Gasteiger partial charge in [0.05, 0.1) is 6.21 Å². The zero-order valence-corrected chi connectivity index (χ0v) is 17.0. The van der Waals surface area contributed by atoms with E-state index in [0.29, 0.717) is 23.1 Å². The Morgan fingerprint density at radius 2 is 1.60 bits per heavy atom. The van der Waals surface area contributed by atoms with Crippen LogP contribution in [0.5, 0.6) is 5.75 Å². The summed E-state index contributed by atoms with van der Waals surface area (Å²) in [7, 11) is 0. The molecule has 2 amide bonds. The standard InChI is InChI=1S/C23H20ClN3O3/c1-16-2-10-20(11-3-16)26-22(28)23(29)27-25-14-17-6-12-21(13-7-17)30-15-18-4-8-19(24)9-5-18/h2-14H,15H2,1H3,(H,26,28)(H,27,29). The monoisotopic (exact) mass is 421 g/mol. The molecule has 30 heavy (non-hydrogen) atoms. The van der Waals surface area contributed by atoms with Crippen molar-refractivity contribution in [1.82, 2.24) is 5.43 Å². The fraction of sp³-hybridized carbons (Fsp3) is 0.0870. The van der Waals surface area contributed by atoms with Gasteiger partial charge < -0.3 is 10.1 Å². The number of halogens is 1. The molecule has 0 heterocycles. The highest BCUT2D eigenvalue weighted by Gasteiger charge is 2.12. The molecule has 0 radical (unpaired) electrons. The second-order valence-electron chi connectivity index (χ2n) is 6.50. The molecule has 0 fully saturated rings. The van der Waals surface area contributed by atoms with Crippen LogP contribution in [0, 0.1) is 6.92 Å². The van der Waals surface area contributed by atoms with Crippen molar-refractivity contribution in [2.75, 3.05) is 5.32 Å². The summed E-state index contributed by atoms with van der Waals surface area (Å²) in [6.45, 7) is 2.36. The lowest BCUT2D eigenvalue weighted by Gasteiger charge is -2.06. The van der Waals surface area contributed by atoms with Crippen molar-refractivity contribution < 1.29 is 14.3 Å². The predicted octanol–water partition coefficient (Wildman–Crippen LogP) is 4.32. The Labute approximate surface area is 179 Å². The molecule has 0 atom stereocenters. The van der Waals surface area contributed by atoms with E-state index in [-0.39, 0.29) is 0 Å². The van der Waals surface area contributed by atoms with Crippen LogP contribution in [-0.4, -0.2) is 18.0 Å². The Hall–Kier alpha value is -3.64. The normalized spacial score (nSPS) is 10.6. The minimum absolute atomic E-state index is 0.427. The van der Waals surface area contributed by atoms with E-state index < -0.39 is 11.8 Å². The van der Waals surface area contributed by atoms with Gasteiger partial charge in [0, 0.05) is 10.7 Å². The molecular formula is C23H20ClN3O3. The highest BCUT2D eigenvalue weighted by molar-refractivity contribution is 6.39. The summed E-state index contributed by atoms with van der Waals surface area (Å²) >= 11 is 5.86. The zero-order chi connectivity index (χ0) is 21.3. The van der Waals surface area contributed by atoms with Gasteiger partial charge >= 0.3 is 11.8 Å². The summed E-state index contributed by atoms with van der Waals surface area (Å²) in [4.78, 5) is 23.7. The van der Waals surface area contributed by atoms with E-state index >= 15 is 0 Å². The van der Waals surface area contributed by atoms with Gasteiger partial charge in [-0.2, -0.15) is 5.10 Å². The van der Waals surface area contributed by atoms with Gasteiger partial charge in [-0.05, 0) is 66.6 Å². The summed E-state index contributed by atoms with van der Waals surface area (Å²) in [5, 5.41) is 7.00. The molecule has 0 bridgehead atoms. The van der Waals surface area contributed by atoms with Gasteiger partial charge in [0.2, 0.25) is 0 Å². The topological polar surface area (TPSA) is 79.8 Å². The number of hydrogen-bond acceptors (Lipinski definition) is 4. The number of aryl methyl sites for hydroxylation is 1. The first-order chi connectivity index (χ1) is 14.5. The van der Waals surface area contributed by atoms with Crippen LogP contribution in [0.25, 0.3) is 0 Å². The third-order valence-corrected chi connectivity index (χ3v) is 4.35. The highest BCUT2D eigenvalue weighted by atomic mass is 35.5. The van der Waals surface area contributed by atoms with Gasteiger partial charge in [0.25, 0.3) is 0 Å². The number of nitrogens with zero attached hydrogens (tertiary/aromatic N) is 1. The first-order valence-electron chi connectivity index (χ1n) is 9.18. The Bertz CT molecular complexity index is 1030. The maximum Gasteiger partial charge on any atom is 0.329 e. The third-order valence-electron chi connectivity index (χ3n) is 4.09. The van der Waals surface area contributed by atoms with Crippen LogP contribution in [0.15, 0.2) is 77.9 Å². The minimum Gasteiger partial charge on any atom is -0.489 e. The van der Waals surface area contributed by atoms with E-state index in [4.69, 9.17) is 16.3 Å². The molecular weight excluding hydrogens is 402 g/mol. The lowest BCUT2D eigenvalue weighted by Crippen LogP contribution is -2.32. The van der Waals surface area contributed by atoms with E-state index in [9.17, 15) is 9.59 Å². The molecule has 0 saturated heterocycles. The molecule has 3 rings (SSSR count). The Morgan fingerprint density at radius 1 is 0.933 bits per heavy atom. The maximum atomic E-state index is 11.9. The Morgan fingerprint density at radius 3 is 2.27 bits per heavy atom. The first kappa shape index (κ1) is 21.1. The average molecular weight is 422 g/mol. The van der Waals surface area contributed by atoms with Gasteiger partial charge in [0.15, 0.2) is 0 Å². The highest BCUT2D eigenvalue weighted by Crippen LogP contribution is 2.15. The number of amides is 2. The number of carbonyl (C=O) groups excluding carboxylic acids is 2. The molecule has 3 aromatic carbocycles. The first-order valence-corrected chi connectivity index (χ1v) is 9.56. The van der Waals surface area contributed by atoms with E-state index in [1.807, 2.05) is 43.3 Å². The second kappa shape index (κ2) is 10.2. The van der Waals surface area contributed by atoms with Crippen molar-refractivity contribution in [3.05, 3.63) is 94.5 Å². The molecule has 2 N–H and O–H groups in total. The van der Waals surface area contributed by atoms with Crippen molar-refractivity contribution in [3.63, 3.8) is 0 Å². The quantitative estimate of drug-likeness (QED) is 0.353. The van der Waals surface area contributed by atoms with Crippen LogP contribution in [0.3, 0.4) is 0 Å². The fourth-order valence-corrected chi connectivity index (χ4v) is 2.56. The average Bonchev–Trinajstić information content (AvgIpc) is 2.76. The zero-order valence-electron chi connectivity index (χ0n) is 16.3. The maximum absolute atomic E-state index is 11.9. The summed E-state index contributed by atoms with van der Waals surface area (Å²) in [6.07, 6.45) is 1.44. The Balaban J connectivity index is 1.46. The van der Waals surface area contributed by atoms with E-state index in [2.05, 4.69) is 15.8 Å². The van der Waals surface area contributed by atoms with Crippen LogP contribution >= 0.6 is 11.6 Å². The van der Waals surface area contributed by atoms with Crippen molar-refractivity contribution >= 4 is 35.3 Å². The molecule has 0 aliphatic carbocycles. The Kier molecular flexibility index (Phi) is 7.19. The summed E-state index contributed by atoms with van der Waals surface area (Å²) in [5.41, 5.74) is 5.56. The SMILES string of the molecule is Cc1ccc(NC(=O)C(=O)NN=Cc2ccc(OCc3ccc(Cl)cc3)cc2)cc1.